The van der Waals surface area contributed by atoms with Gasteiger partial charge in [-0.1, -0.05) is 12.1 Å². The maximum Gasteiger partial charge on any atom is 0.229 e. The van der Waals surface area contributed by atoms with Crippen LogP contribution in [0.5, 0.6) is 17.2 Å². The first-order valence-corrected chi connectivity index (χ1v) is 9.83. The number of rotatable bonds is 7. The molecule has 0 aromatic heterocycles. The van der Waals surface area contributed by atoms with Gasteiger partial charge in [0.05, 0.1) is 12.2 Å². The highest BCUT2D eigenvalue weighted by Crippen LogP contribution is 2.34. The number of benzene rings is 2. The van der Waals surface area contributed by atoms with Crippen LogP contribution >= 0.6 is 0 Å². The highest BCUT2D eigenvalue weighted by molar-refractivity contribution is 5.99. The summed E-state index contributed by atoms with van der Waals surface area (Å²) in [4.78, 5) is 12.4. The monoisotopic (exact) mass is 434 g/mol. The van der Waals surface area contributed by atoms with Crippen molar-refractivity contribution in [1.29, 1.82) is 0 Å². The summed E-state index contributed by atoms with van der Waals surface area (Å²) in [5.41, 5.74) is 1.31. The number of carbonyl (C=O) groups is 1. The summed E-state index contributed by atoms with van der Waals surface area (Å²) < 4.78 is 11.0. The number of hydrogen-bond acceptors (Lipinski definition) is 9. The summed E-state index contributed by atoms with van der Waals surface area (Å²) in [6.07, 6.45) is -6.64. The van der Waals surface area contributed by atoms with Crippen LogP contribution in [-0.4, -0.2) is 73.7 Å². The lowest BCUT2D eigenvalue weighted by atomic mass is 9.95. The largest absolute Gasteiger partial charge is 0.508 e. The Morgan fingerprint density at radius 2 is 1.65 bits per heavy atom. The van der Waals surface area contributed by atoms with Crippen molar-refractivity contribution >= 4 is 5.78 Å². The van der Waals surface area contributed by atoms with Crippen molar-refractivity contribution in [2.24, 2.45) is 0 Å². The Bertz CT molecular complexity index is 910. The molecule has 2 aromatic carbocycles. The van der Waals surface area contributed by atoms with Crippen LogP contribution in [0.15, 0.2) is 36.4 Å². The minimum atomic E-state index is -1.63. The summed E-state index contributed by atoms with van der Waals surface area (Å²) in [5, 5.41) is 59.2. The number of aliphatic hydroxyl groups excluding tert-OH is 4. The minimum absolute atomic E-state index is 0.0235. The Morgan fingerprint density at radius 3 is 2.26 bits per heavy atom. The number of aromatic hydroxyl groups is 2. The zero-order valence-corrected chi connectivity index (χ0v) is 16.9. The highest BCUT2D eigenvalue weighted by atomic mass is 16.7. The maximum absolute atomic E-state index is 12.4. The smallest absolute Gasteiger partial charge is 0.229 e. The van der Waals surface area contributed by atoms with E-state index in [1.807, 2.05) is 0 Å². The van der Waals surface area contributed by atoms with Gasteiger partial charge in [-0.3, -0.25) is 4.79 Å². The molecule has 1 heterocycles. The zero-order chi connectivity index (χ0) is 22.7. The van der Waals surface area contributed by atoms with Crippen molar-refractivity contribution in [2.45, 2.75) is 50.5 Å². The van der Waals surface area contributed by atoms with Crippen molar-refractivity contribution in [3.63, 3.8) is 0 Å². The third-order valence-corrected chi connectivity index (χ3v) is 5.29. The number of phenols is 2. The molecule has 0 unspecified atom stereocenters. The Kier molecular flexibility index (Phi) is 7.14. The number of aryl methyl sites for hydroxylation is 1. The lowest BCUT2D eigenvalue weighted by molar-refractivity contribution is -0.277. The van der Waals surface area contributed by atoms with E-state index in [2.05, 4.69) is 0 Å². The number of carbonyl (C=O) groups excluding carboxylic acids is 1. The second kappa shape index (κ2) is 9.63. The Hall–Kier alpha value is -2.69. The van der Waals surface area contributed by atoms with Crippen LogP contribution in [0.25, 0.3) is 0 Å². The van der Waals surface area contributed by atoms with E-state index >= 15 is 0 Å². The van der Waals surface area contributed by atoms with E-state index < -0.39 is 43.1 Å². The molecule has 3 rings (SSSR count). The van der Waals surface area contributed by atoms with E-state index in [0.717, 1.165) is 5.56 Å². The lowest BCUT2D eigenvalue weighted by Gasteiger charge is -2.39. The summed E-state index contributed by atoms with van der Waals surface area (Å²) in [7, 11) is 0. The van der Waals surface area contributed by atoms with Crippen molar-refractivity contribution < 1.29 is 44.9 Å². The molecule has 0 spiro atoms. The number of hydrogen-bond donors (Lipinski definition) is 6. The predicted molar refractivity (Wildman–Crippen MR) is 108 cm³/mol. The lowest BCUT2D eigenvalue weighted by Crippen LogP contribution is -2.60. The fourth-order valence-corrected chi connectivity index (χ4v) is 3.57. The number of ketones is 1. The molecule has 6 N–H and O–H groups in total. The van der Waals surface area contributed by atoms with Crippen molar-refractivity contribution in [1.82, 2.24) is 0 Å². The molecule has 1 fully saturated rings. The van der Waals surface area contributed by atoms with E-state index in [1.54, 1.807) is 24.3 Å². The van der Waals surface area contributed by atoms with Crippen LogP contribution in [0.1, 0.15) is 28.4 Å². The molecular formula is C22H26O9. The standard InChI is InChI=1S/C22H26O9/c1-11(24)18-14(7-4-12-2-5-13(25)6-3-12)15(26)8-9-16(18)30-22-21(29)20(28)19(27)17(10-23)31-22/h2-3,5-6,8-9,17,19-23,25-29H,4,7,10H2,1H3/t17-,19-,20+,21-,22-/m1/s1. The molecule has 5 atom stereocenters. The first kappa shape index (κ1) is 23.0. The fourth-order valence-electron chi connectivity index (χ4n) is 3.57. The van der Waals surface area contributed by atoms with E-state index in [4.69, 9.17) is 9.47 Å². The highest BCUT2D eigenvalue weighted by Gasteiger charge is 2.45. The molecule has 31 heavy (non-hydrogen) atoms. The van der Waals surface area contributed by atoms with E-state index in [1.165, 1.54) is 19.1 Å². The maximum atomic E-state index is 12.4. The van der Waals surface area contributed by atoms with Gasteiger partial charge in [-0.15, -0.1) is 0 Å². The summed E-state index contributed by atoms with van der Waals surface area (Å²) in [5.74, 6) is -0.345. The van der Waals surface area contributed by atoms with Gasteiger partial charge in [0.25, 0.3) is 0 Å². The van der Waals surface area contributed by atoms with E-state index in [0.29, 0.717) is 12.0 Å². The van der Waals surface area contributed by atoms with Gasteiger partial charge >= 0.3 is 0 Å². The molecule has 0 bridgehead atoms. The molecule has 0 radical (unpaired) electrons. The van der Waals surface area contributed by atoms with E-state index in [-0.39, 0.29) is 29.2 Å². The number of phenolic OH excluding ortho intramolecular Hbond substituents is 2. The average Bonchev–Trinajstić information content (AvgIpc) is 2.75. The first-order valence-electron chi connectivity index (χ1n) is 9.83. The van der Waals surface area contributed by atoms with Gasteiger partial charge in [0, 0.05) is 5.56 Å². The van der Waals surface area contributed by atoms with Crippen LogP contribution < -0.4 is 4.74 Å². The number of ether oxygens (including phenoxy) is 2. The fraction of sp³-hybridized carbons (Fsp3) is 0.409. The van der Waals surface area contributed by atoms with Gasteiger partial charge < -0.3 is 40.1 Å². The first-order chi connectivity index (χ1) is 14.7. The van der Waals surface area contributed by atoms with Crippen LogP contribution in [0.3, 0.4) is 0 Å². The van der Waals surface area contributed by atoms with Gasteiger partial charge in [0.2, 0.25) is 6.29 Å². The molecular weight excluding hydrogens is 408 g/mol. The third kappa shape index (κ3) is 4.97. The molecule has 168 valence electrons. The number of Topliss-reactive ketones (excluding diaryl/α,β-unsaturated/α-hetero) is 1. The van der Waals surface area contributed by atoms with E-state index in [9.17, 15) is 35.4 Å². The van der Waals surface area contributed by atoms with Gasteiger partial charge in [-0.25, -0.2) is 0 Å². The zero-order valence-electron chi connectivity index (χ0n) is 16.9. The van der Waals surface area contributed by atoms with Crippen LogP contribution in [0.4, 0.5) is 0 Å². The topological polar surface area (TPSA) is 157 Å². The average molecular weight is 434 g/mol. The second-order valence-corrected chi connectivity index (χ2v) is 7.47. The minimum Gasteiger partial charge on any atom is -0.508 e. The molecule has 1 aliphatic heterocycles. The normalized spacial score (nSPS) is 25.9. The third-order valence-electron chi connectivity index (χ3n) is 5.29. The van der Waals surface area contributed by atoms with Gasteiger partial charge in [0.1, 0.15) is 41.7 Å². The number of aliphatic hydroxyl groups is 4. The van der Waals surface area contributed by atoms with Gasteiger partial charge in [-0.05, 0) is 49.6 Å². The van der Waals surface area contributed by atoms with Crippen molar-refractivity contribution in [2.75, 3.05) is 6.61 Å². The molecule has 0 amide bonds. The molecule has 0 saturated carbocycles. The summed E-state index contributed by atoms with van der Waals surface area (Å²) in [6.45, 7) is 0.691. The van der Waals surface area contributed by atoms with Gasteiger partial charge in [0.15, 0.2) is 5.78 Å². The molecule has 0 aliphatic carbocycles. The molecule has 9 nitrogen and oxygen atoms in total. The second-order valence-electron chi connectivity index (χ2n) is 7.47. The summed E-state index contributed by atoms with van der Waals surface area (Å²) >= 11 is 0. The molecule has 1 aliphatic rings. The van der Waals surface area contributed by atoms with Crippen LogP contribution in [-0.2, 0) is 17.6 Å². The Labute approximate surface area is 178 Å². The van der Waals surface area contributed by atoms with Crippen molar-refractivity contribution in [3.05, 3.63) is 53.1 Å². The van der Waals surface area contributed by atoms with Crippen LogP contribution in [0, 0.1) is 0 Å². The summed E-state index contributed by atoms with van der Waals surface area (Å²) in [6, 6.07) is 9.23. The molecule has 1 saturated heterocycles. The van der Waals surface area contributed by atoms with Crippen molar-refractivity contribution in [3.8, 4) is 17.2 Å². The van der Waals surface area contributed by atoms with Crippen LogP contribution in [0.2, 0.25) is 0 Å². The quantitative estimate of drug-likeness (QED) is 0.337. The molecule has 2 aromatic rings. The predicted octanol–water partition coefficient (Wildman–Crippen LogP) is 0.264. The Balaban J connectivity index is 1.87. The van der Waals surface area contributed by atoms with Gasteiger partial charge in [-0.2, -0.15) is 0 Å². The molecule has 9 heteroatoms. The SMILES string of the molecule is CC(=O)c1c(O[C@@H]2O[C@H](CO)[C@@H](O)[C@H](O)[C@H]2O)ccc(O)c1CCc1ccc(O)cc1. The Morgan fingerprint density at radius 1 is 0.968 bits per heavy atom.